The predicted octanol–water partition coefficient (Wildman–Crippen LogP) is 2.47. The van der Waals surface area contributed by atoms with Gasteiger partial charge < -0.3 is 14.6 Å². The Kier molecular flexibility index (Phi) is 4.24. The fourth-order valence-corrected chi connectivity index (χ4v) is 2.79. The number of aliphatic carboxylic acids is 1. The molecule has 2 rings (SSSR count). The molecule has 2 heterocycles. The van der Waals surface area contributed by atoms with Crippen LogP contribution in [-0.2, 0) is 11.3 Å². The summed E-state index contributed by atoms with van der Waals surface area (Å²) in [6.07, 6.45) is 1.60. The molecule has 106 valence electrons. The van der Waals surface area contributed by atoms with Crippen LogP contribution in [0.25, 0.3) is 0 Å². The number of amides is 1. The molecule has 0 aromatic carbocycles. The van der Waals surface area contributed by atoms with Crippen molar-refractivity contribution in [1.82, 2.24) is 9.47 Å². The third kappa shape index (κ3) is 2.91. The zero-order chi connectivity index (χ0) is 14.7. The minimum absolute atomic E-state index is 0.0457. The maximum absolute atomic E-state index is 12.5. The van der Waals surface area contributed by atoms with Gasteiger partial charge >= 0.3 is 5.97 Å². The molecule has 0 radical (unpaired) electrons. The summed E-state index contributed by atoms with van der Waals surface area (Å²) in [6, 6.07) is 7.20. The van der Waals surface area contributed by atoms with Gasteiger partial charge in [-0.2, -0.15) is 0 Å². The summed E-state index contributed by atoms with van der Waals surface area (Å²) < 4.78 is 1.45. The first-order valence-electron chi connectivity index (χ1n) is 6.18. The maximum atomic E-state index is 12.5. The maximum Gasteiger partial charge on any atom is 0.323 e. The van der Waals surface area contributed by atoms with Crippen molar-refractivity contribution in [3.05, 3.63) is 46.4 Å². The summed E-state index contributed by atoms with van der Waals surface area (Å²) >= 11 is 1.59. The van der Waals surface area contributed by atoms with Gasteiger partial charge in [0, 0.05) is 18.1 Å². The molecule has 1 amide bonds. The Bertz CT molecular complexity index is 604. The standard InChI is InChI=1S/C14H16N2O3S/c1-10(12-6-4-8-20-12)15(2)14(19)11-5-3-7-16(11)9-13(17)18/h3-8,10H,9H2,1-2H3,(H,17,18). The highest BCUT2D eigenvalue weighted by Crippen LogP contribution is 2.24. The molecule has 0 aliphatic heterocycles. The predicted molar refractivity (Wildman–Crippen MR) is 76.9 cm³/mol. The van der Waals surface area contributed by atoms with E-state index in [0.29, 0.717) is 5.69 Å². The Labute approximate surface area is 121 Å². The molecule has 0 fully saturated rings. The highest BCUT2D eigenvalue weighted by atomic mass is 32.1. The quantitative estimate of drug-likeness (QED) is 0.920. The van der Waals surface area contributed by atoms with E-state index in [0.717, 1.165) is 4.88 Å². The van der Waals surface area contributed by atoms with E-state index < -0.39 is 5.97 Å². The van der Waals surface area contributed by atoms with Crippen molar-refractivity contribution >= 4 is 23.2 Å². The number of aromatic nitrogens is 1. The Hall–Kier alpha value is -2.08. The summed E-state index contributed by atoms with van der Waals surface area (Å²) in [7, 11) is 1.73. The van der Waals surface area contributed by atoms with Crippen LogP contribution in [-0.4, -0.2) is 33.5 Å². The summed E-state index contributed by atoms with van der Waals surface area (Å²) in [4.78, 5) is 26.0. The molecule has 1 atom stereocenters. The van der Waals surface area contributed by atoms with Crippen LogP contribution in [0.1, 0.15) is 28.3 Å². The highest BCUT2D eigenvalue weighted by molar-refractivity contribution is 7.10. The van der Waals surface area contributed by atoms with Gasteiger partial charge in [-0.3, -0.25) is 9.59 Å². The summed E-state index contributed by atoms with van der Waals surface area (Å²) in [5.41, 5.74) is 0.387. The number of carboxylic acid groups (broad SMARTS) is 1. The number of rotatable bonds is 5. The Balaban J connectivity index is 2.19. The third-order valence-corrected chi connectivity index (χ3v) is 4.25. The topological polar surface area (TPSA) is 62.5 Å². The van der Waals surface area contributed by atoms with Gasteiger partial charge in [0.2, 0.25) is 0 Å². The van der Waals surface area contributed by atoms with Gasteiger partial charge in [0.25, 0.3) is 5.91 Å². The second kappa shape index (κ2) is 5.92. The van der Waals surface area contributed by atoms with E-state index in [1.807, 2.05) is 24.4 Å². The Morgan fingerprint density at radius 1 is 1.40 bits per heavy atom. The molecule has 0 spiro atoms. The fourth-order valence-electron chi connectivity index (χ4n) is 1.97. The van der Waals surface area contributed by atoms with Crippen molar-refractivity contribution in [3.63, 3.8) is 0 Å². The number of carboxylic acids is 1. The molecule has 1 unspecified atom stereocenters. The van der Waals surface area contributed by atoms with E-state index in [9.17, 15) is 9.59 Å². The number of nitrogens with zero attached hydrogens (tertiary/aromatic N) is 2. The first-order valence-corrected chi connectivity index (χ1v) is 7.06. The first-order chi connectivity index (χ1) is 9.50. The third-order valence-electron chi connectivity index (χ3n) is 3.21. The molecule has 0 saturated heterocycles. The number of carbonyl (C=O) groups is 2. The van der Waals surface area contributed by atoms with Crippen LogP contribution in [0, 0.1) is 0 Å². The molecule has 0 saturated carbocycles. The van der Waals surface area contributed by atoms with Crippen molar-refractivity contribution < 1.29 is 14.7 Å². The van der Waals surface area contributed by atoms with E-state index in [1.165, 1.54) is 4.57 Å². The first kappa shape index (κ1) is 14.3. The minimum Gasteiger partial charge on any atom is -0.480 e. The molecule has 2 aromatic heterocycles. The lowest BCUT2D eigenvalue weighted by Crippen LogP contribution is -2.31. The molecule has 2 aromatic rings. The SMILES string of the molecule is CC(c1cccs1)N(C)C(=O)c1cccn1CC(=O)O. The smallest absolute Gasteiger partial charge is 0.323 e. The lowest BCUT2D eigenvalue weighted by atomic mass is 10.2. The van der Waals surface area contributed by atoms with Crippen molar-refractivity contribution in [3.8, 4) is 0 Å². The molecule has 0 aliphatic rings. The van der Waals surface area contributed by atoms with Crippen LogP contribution in [0.4, 0.5) is 0 Å². The Morgan fingerprint density at radius 3 is 2.75 bits per heavy atom. The van der Waals surface area contributed by atoms with Gasteiger partial charge in [-0.25, -0.2) is 0 Å². The van der Waals surface area contributed by atoms with Crippen molar-refractivity contribution in [1.29, 1.82) is 0 Å². The number of hydrogen-bond acceptors (Lipinski definition) is 3. The molecule has 0 aliphatic carbocycles. The normalized spacial score (nSPS) is 12.1. The molecular weight excluding hydrogens is 276 g/mol. The number of thiophene rings is 1. The van der Waals surface area contributed by atoms with Gasteiger partial charge in [0.1, 0.15) is 12.2 Å². The zero-order valence-corrected chi connectivity index (χ0v) is 12.1. The fraction of sp³-hybridized carbons (Fsp3) is 0.286. The number of hydrogen-bond donors (Lipinski definition) is 1. The van der Waals surface area contributed by atoms with Crippen molar-refractivity contribution in [2.75, 3.05) is 7.05 Å². The average molecular weight is 292 g/mol. The van der Waals surface area contributed by atoms with Crippen LogP contribution >= 0.6 is 11.3 Å². The molecule has 5 nitrogen and oxygen atoms in total. The van der Waals surface area contributed by atoms with E-state index in [-0.39, 0.29) is 18.5 Å². The van der Waals surface area contributed by atoms with Crippen LogP contribution < -0.4 is 0 Å². The second-order valence-electron chi connectivity index (χ2n) is 4.52. The van der Waals surface area contributed by atoms with Gasteiger partial charge in [-0.15, -0.1) is 11.3 Å². The van der Waals surface area contributed by atoms with E-state index >= 15 is 0 Å². The minimum atomic E-state index is -0.968. The van der Waals surface area contributed by atoms with E-state index in [4.69, 9.17) is 5.11 Å². The van der Waals surface area contributed by atoms with Crippen LogP contribution in [0.3, 0.4) is 0 Å². The van der Waals surface area contributed by atoms with Crippen LogP contribution in [0.5, 0.6) is 0 Å². The van der Waals surface area contributed by atoms with Crippen molar-refractivity contribution in [2.45, 2.75) is 19.5 Å². The van der Waals surface area contributed by atoms with E-state index in [1.54, 1.807) is 41.6 Å². The van der Waals surface area contributed by atoms with E-state index in [2.05, 4.69) is 0 Å². The van der Waals surface area contributed by atoms with Gasteiger partial charge in [-0.05, 0) is 30.5 Å². The lowest BCUT2D eigenvalue weighted by Gasteiger charge is -2.24. The summed E-state index contributed by atoms with van der Waals surface area (Å²) in [5, 5.41) is 10.8. The Morgan fingerprint density at radius 2 is 2.15 bits per heavy atom. The monoisotopic (exact) mass is 292 g/mol. The van der Waals surface area contributed by atoms with Gasteiger partial charge in [0.05, 0.1) is 6.04 Å². The van der Waals surface area contributed by atoms with Gasteiger partial charge in [0.15, 0.2) is 0 Å². The molecular formula is C14H16N2O3S. The molecule has 6 heteroatoms. The largest absolute Gasteiger partial charge is 0.480 e. The van der Waals surface area contributed by atoms with Crippen molar-refractivity contribution in [2.24, 2.45) is 0 Å². The molecule has 20 heavy (non-hydrogen) atoms. The summed E-state index contributed by atoms with van der Waals surface area (Å²) in [5.74, 6) is -1.15. The lowest BCUT2D eigenvalue weighted by molar-refractivity contribution is -0.137. The summed E-state index contributed by atoms with van der Waals surface area (Å²) in [6.45, 7) is 1.74. The molecule has 1 N–H and O–H groups in total. The average Bonchev–Trinajstić information content (AvgIpc) is 3.06. The van der Waals surface area contributed by atoms with Crippen LogP contribution in [0.15, 0.2) is 35.8 Å². The number of carbonyl (C=O) groups excluding carboxylic acids is 1. The van der Waals surface area contributed by atoms with Gasteiger partial charge in [-0.1, -0.05) is 6.07 Å². The zero-order valence-electron chi connectivity index (χ0n) is 11.3. The second-order valence-corrected chi connectivity index (χ2v) is 5.50. The highest BCUT2D eigenvalue weighted by Gasteiger charge is 2.22. The van der Waals surface area contributed by atoms with Crippen LogP contribution in [0.2, 0.25) is 0 Å². The molecule has 0 bridgehead atoms.